The number of amides is 2. The van der Waals surface area contributed by atoms with Gasteiger partial charge in [-0.25, -0.2) is 4.79 Å². The van der Waals surface area contributed by atoms with Crippen molar-refractivity contribution in [2.45, 2.75) is 16.7 Å². The zero-order valence-corrected chi connectivity index (χ0v) is 16.5. The number of anilines is 3. The van der Waals surface area contributed by atoms with Crippen LogP contribution < -0.4 is 10.2 Å². The van der Waals surface area contributed by atoms with Crippen molar-refractivity contribution in [2.75, 3.05) is 10.2 Å². The van der Waals surface area contributed by atoms with Gasteiger partial charge in [-0.3, -0.25) is 4.90 Å². The van der Waals surface area contributed by atoms with Crippen LogP contribution in [0.2, 0.25) is 0 Å². The molecule has 25 heavy (non-hydrogen) atoms. The van der Waals surface area contributed by atoms with Gasteiger partial charge >= 0.3 is 6.03 Å². The molecular formula is C20H15IN2OS. The van der Waals surface area contributed by atoms with E-state index in [0.29, 0.717) is 0 Å². The molecule has 0 atom stereocenters. The van der Waals surface area contributed by atoms with Gasteiger partial charge in [0.25, 0.3) is 0 Å². The van der Waals surface area contributed by atoms with Crippen molar-refractivity contribution in [3.63, 3.8) is 0 Å². The highest BCUT2D eigenvalue weighted by Gasteiger charge is 2.28. The number of hydrogen-bond donors (Lipinski definition) is 1. The van der Waals surface area contributed by atoms with Crippen molar-refractivity contribution in [1.82, 2.24) is 0 Å². The Labute approximate surface area is 164 Å². The summed E-state index contributed by atoms with van der Waals surface area (Å²) in [5, 5.41) is 3.06. The number of aryl methyl sites for hydroxylation is 1. The molecule has 0 aromatic heterocycles. The number of urea groups is 1. The second-order valence-corrected chi connectivity index (χ2v) is 8.09. The maximum atomic E-state index is 13.1. The van der Waals surface area contributed by atoms with E-state index in [1.54, 1.807) is 16.7 Å². The highest BCUT2D eigenvalue weighted by molar-refractivity contribution is 14.1. The number of rotatable bonds is 1. The summed E-state index contributed by atoms with van der Waals surface area (Å²) < 4.78 is 1.15. The second kappa shape index (κ2) is 6.72. The number of carbonyl (C=O) groups is 1. The number of para-hydroxylation sites is 2. The molecule has 0 bridgehead atoms. The fourth-order valence-corrected chi connectivity index (χ4v) is 4.57. The molecule has 3 aromatic carbocycles. The van der Waals surface area contributed by atoms with Gasteiger partial charge in [-0.1, -0.05) is 36.0 Å². The van der Waals surface area contributed by atoms with Crippen molar-refractivity contribution in [2.24, 2.45) is 0 Å². The van der Waals surface area contributed by atoms with E-state index in [4.69, 9.17) is 0 Å². The molecule has 1 heterocycles. The normalized spacial score (nSPS) is 12.3. The summed E-state index contributed by atoms with van der Waals surface area (Å²) in [5.74, 6) is 0. The Kier molecular flexibility index (Phi) is 4.43. The summed E-state index contributed by atoms with van der Waals surface area (Å²) in [5.41, 5.74) is 3.70. The molecule has 0 fully saturated rings. The highest BCUT2D eigenvalue weighted by atomic mass is 127. The van der Waals surface area contributed by atoms with Crippen molar-refractivity contribution in [1.29, 1.82) is 0 Å². The van der Waals surface area contributed by atoms with Crippen LogP contribution in [0.1, 0.15) is 5.56 Å². The van der Waals surface area contributed by atoms with Crippen LogP contribution in [0.15, 0.2) is 76.5 Å². The third-order valence-corrected chi connectivity index (χ3v) is 5.87. The summed E-state index contributed by atoms with van der Waals surface area (Å²) in [4.78, 5) is 17.1. The minimum Gasteiger partial charge on any atom is -0.307 e. The van der Waals surface area contributed by atoms with Crippen LogP contribution in [-0.2, 0) is 0 Å². The van der Waals surface area contributed by atoms with E-state index in [2.05, 4.69) is 34.0 Å². The smallest absolute Gasteiger partial charge is 0.307 e. The van der Waals surface area contributed by atoms with E-state index in [-0.39, 0.29) is 6.03 Å². The minimum atomic E-state index is -0.149. The van der Waals surface area contributed by atoms with Gasteiger partial charge in [0.05, 0.1) is 11.4 Å². The van der Waals surface area contributed by atoms with E-state index < -0.39 is 0 Å². The van der Waals surface area contributed by atoms with E-state index in [1.807, 2.05) is 67.6 Å². The van der Waals surface area contributed by atoms with Crippen LogP contribution in [0.4, 0.5) is 21.9 Å². The van der Waals surface area contributed by atoms with Crippen molar-refractivity contribution < 1.29 is 4.79 Å². The van der Waals surface area contributed by atoms with Crippen LogP contribution in [-0.4, -0.2) is 6.03 Å². The molecule has 1 aliphatic rings. The maximum Gasteiger partial charge on any atom is 0.331 e. The second-order valence-electron chi connectivity index (χ2n) is 5.76. The summed E-state index contributed by atoms with van der Waals surface area (Å²) >= 11 is 3.97. The molecule has 4 rings (SSSR count). The zero-order chi connectivity index (χ0) is 17.4. The molecule has 0 spiro atoms. The number of halogens is 1. The third-order valence-electron chi connectivity index (χ3n) is 4.07. The summed E-state index contributed by atoms with van der Waals surface area (Å²) in [6, 6.07) is 21.8. The minimum absolute atomic E-state index is 0.149. The molecule has 0 saturated carbocycles. The predicted octanol–water partition coefficient (Wildman–Crippen LogP) is 6.43. The lowest BCUT2D eigenvalue weighted by atomic mass is 10.2. The molecule has 3 aromatic rings. The molecule has 0 saturated heterocycles. The van der Waals surface area contributed by atoms with E-state index in [1.165, 1.54) is 0 Å². The van der Waals surface area contributed by atoms with Crippen molar-refractivity contribution >= 4 is 57.4 Å². The van der Waals surface area contributed by atoms with Crippen molar-refractivity contribution in [3.05, 3.63) is 75.9 Å². The number of nitrogens with one attached hydrogen (secondary N) is 1. The average molecular weight is 458 g/mol. The lowest BCUT2D eigenvalue weighted by Gasteiger charge is -2.31. The Balaban J connectivity index is 1.75. The summed E-state index contributed by atoms with van der Waals surface area (Å²) in [7, 11) is 0. The molecule has 0 unspecified atom stereocenters. The maximum absolute atomic E-state index is 13.1. The van der Waals surface area contributed by atoms with E-state index in [9.17, 15) is 4.79 Å². The van der Waals surface area contributed by atoms with E-state index >= 15 is 0 Å². The fourth-order valence-electron chi connectivity index (χ4n) is 2.86. The Hall–Kier alpha value is -1.99. The quantitative estimate of drug-likeness (QED) is 0.426. The van der Waals surface area contributed by atoms with Gasteiger partial charge < -0.3 is 5.32 Å². The van der Waals surface area contributed by atoms with Crippen LogP contribution >= 0.6 is 34.4 Å². The van der Waals surface area contributed by atoms with Crippen LogP contribution in [0.25, 0.3) is 0 Å². The lowest BCUT2D eigenvalue weighted by molar-refractivity contribution is 0.258. The fraction of sp³-hybridized carbons (Fsp3) is 0.0500. The van der Waals surface area contributed by atoms with Crippen LogP contribution in [0.5, 0.6) is 0 Å². The zero-order valence-electron chi connectivity index (χ0n) is 13.5. The van der Waals surface area contributed by atoms with Gasteiger partial charge in [-0.2, -0.15) is 0 Å². The Morgan fingerprint density at radius 2 is 1.56 bits per heavy atom. The first-order valence-corrected chi connectivity index (χ1v) is 9.76. The number of nitrogens with zero attached hydrogens (tertiary/aromatic N) is 1. The van der Waals surface area contributed by atoms with Crippen LogP contribution in [0, 0.1) is 10.5 Å². The first-order valence-electron chi connectivity index (χ1n) is 7.86. The highest BCUT2D eigenvalue weighted by Crippen LogP contribution is 2.48. The van der Waals surface area contributed by atoms with E-state index in [0.717, 1.165) is 36.0 Å². The first-order chi connectivity index (χ1) is 12.1. The Bertz CT molecular complexity index is 928. The molecule has 1 N–H and O–H groups in total. The van der Waals surface area contributed by atoms with Gasteiger partial charge in [0.2, 0.25) is 0 Å². The standard InChI is InChI=1S/C20H15IN2OS/c1-13-12-14(21)10-11-15(13)22-20(24)23-16-6-2-4-8-18(16)25-19-9-5-3-7-17(19)23/h2-12H,1H3,(H,22,24). The number of hydrogen-bond acceptors (Lipinski definition) is 2. The largest absolute Gasteiger partial charge is 0.331 e. The number of fused-ring (bicyclic) bond motifs is 2. The molecule has 124 valence electrons. The average Bonchev–Trinajstić information content (AvgIpc) is 2.62. The molecule has 3 nitrogen and oxygen atoms in total. The number of carbonyl (C=O) groups excluding carboxylic acids is 1. The van der Waals surface area contributed by atoms with Crippen LogP contribution in [0.3, 0.4) is 0 Å². The first kappa shape index (κ1) is 16.5. The molecular weight excluding hydrogens is 443 g/mol. The topological polar surface area (TPSA) is 32.3 Å². The molecule has 5 heteroatoms. The van der Waals surface area contributed by atoms with Crippen molar-refractivity contribution in [3.8, 4) is 0 Å². The van der Waals surface area contributed by atoms with Gasteiger partial charge in [-0.05, 0) is 77.5 Å². The number of benzene rings is 3. The van der Waals surface area contributed by atoms with Gasteiger partial charge in [0, 0.05) is 19.0 Å². The molecule has 2 amide bonds. The Morgan fingerprint density at radius 1 is 0.960 bits per heavy atom. The molecule has 0 aliphatic carbocycles. The predicted molar refractivity (Wildman–Crippen MR) is 112 cm³/mol. The SMILES string of the molecule is Cc1cc(I)ccc1NC(=O)N1c2ccccc2Sc2ccccc21. The summed E-state index contributed by atoms with van der Waals surface area (Å²) in [6.07, 6.45) is 0. The van der Waals surface area contributed by atoms with Gasteiger partial charge in [0.15, 0.2) is 0 Å². The third kappa shape index (κ3) is 3.14. The molecule has 1 aliphatic heterocycles. The van der Waals surface area contributed by atoms with Gasteiger partial charge in [0.1, 0.15) is 0 Å². The Morgan fingerprint density at radius 3 is 2.16 bits per heavy atom. The lowest BCUT2D eigenvalue weighted by Crippen LogP contribution is -2.32. The summed E-state index contributed by atoms with van der Waals surface area (Å²) in [6.45, 7) is 2.01. The van der Waals surface area contributed by atoms with Gasteiger partial charge in [-0.15, -0.1) is 0 Å². The molecule has 0 radical (unpaired) electrons. The monoisotopic (exact) mass is 458 g/mol.